The number of thiophene rings is 1. The average molecular weight is 411 g/mol. The first-order valence-corrected chi connectivity index (χ1v) is 10.3. The fourth-order valence-corrected chi connectivity index (χ4v) is 4.83. The number of nitrogens with zero attached hydrogens (tertiary/aromatic N) is 6. The maximum Gasteiger partial charge on any atom is 0.274 e. The Morgan fingerprint density at radius 3 is 2.45 bits per heavy atom. The Morgan fingerprint density at radius 2 is 1.79 bits per heavy atom. The molecule has 0 saturated carbocycles. The number of aryl methyl sites for hydroxylation is 1. The number of fused-ring (bicyclic) bond motifs is 1. The number of aromatic nitrogens is 4. The van der Waals surface area contributed by atoms with Crippen LogP contribution < -0.4 is 0 Å². The van der Waals surface area contributed by atoms with Crippen molar-refractivity contribution in [2.45, 2.75) is 25.7 Å². The van der Waals surface area contributed by atoms with E-state index in [9.17, 15) is 9.59 Å². The van der Waals surface area contributed by atoms with Crippen molar-refractivity contribution < 1.29 is 9.59 Å². The second-order valence-corrected chi connectivity index (χ2v) is 8.36. The van der Waals surface area contributed by atoms with Crippen LogP contribution in [0.1, 0.15) is 50.2 Å². The monoisotopic (exact) mass is 410 g/mol. The van der Waals surface area contributed by atoms with Crippen LogP contribution in [0.15, 0.2) is 24.8 Å². The highest BCUT2D eigenvalue weighted by molar-refractivity contribution is 7.20. The van der Waals surface area contributed by atoms with Gasteiger partial charge < -0.3 is 9.80 Å². The van der Waals surface area contributed by atoms with E-state index in [1.165, 1.54) is 17.5 Å². The van der Waals surface area contributed by atoms with Gasteiger partial charge >= 0.3 is 0 Å². The van der Waals surface area contributed by atoms with E-state index in [2.05, 4.69) is 19.9 Å². The molecule has 0 N–H and O–H groups in total. The zero-order chi connectivity index (χ0) is 20.5. The second-order valence-electron chi connectivity index (χ2n) is 7.36. The van der Waals surface area contributed by atoms with Gasteiger partial charge in [-0.15, -0.1) is 11.3 Å². The van der Waals surface area contributed by atoms with Crippen LogP contribution >= 0.6 is 11.3 Å². The van der Waals surface area contributed by atoms with E-state index in [0.29, 0.717) is 23.7 Å². The molecule has 0 spiro atoms. The van der Waals surface area contributed by atoms with Crippen LogP contribution in [0, 0.1) is 6.92 Å². The third-order valence-corrected chi connectivity index (χ3v) is 6.24. The molecule has 0 atom stereocenters. The maximum atomic E-state index is 12.8. The van der Waals surface area contributed by atoms with Gasteiger partial charge in [0, 0.05) is 51.3 Å². The molecule has 3 aromatic rings. The van der Waals surface area contributed by atoms with Gasteiger partial charge in [0.25, 0.3) is 11.8 Å². The summed E-state index contributed by atoms with van der Waals surface area (Å²) in [5.41, 5.74) is 2.92. The minimum atomic E-state index is -0.101. The van der Waals surface area contributed by atoms with Gasteiger partial charge in [-0.05, 0) is 25.7 Å². The highest BCUT2D eigenvalue weighted by Crippen LogP contribution is 2.39. The van der Waals surface area contributed by atoms with E-state index >= 15 is 0 Å². The smallest absolute Gasteiger partial charge is 0.274 e. The number of hydrogen-bond acceptors (Lipinski definition) is 7. The molecule has 1 aliphatic rings. The van der Waals surface area contributed by atoms with Crippen LogP contribution in [-0.4, -0.2) is 68.7 Å². The van der Waals surface area contributed by atoms with E-state index in [4.69, 9.17) is 0 Å². The van der Waals surface area contributed by atoms with Crippen LogP contribution in [0.2, 0.25) is 0 Å². The van der Waals surface area contributed by atoms with Crippen molar-refractivity contribution in [1.29, 1.82) is 0 Å². The highest BCUT2D eigenvalue weighted by atomic mass is 32.1. The van der Waals surface area contributed by atoms with Gasteiger partial charge in [0.1, 0.15) is 16.0 Å². The molecule has 8 nitrogen and oxygen atoms in total. The zero-order valence-corrected chi connectivity index (χ0v) is 17.4. The number of carbonyl (C=O) groups excluding carboxylic acids is 2. The van der Waals surface area contributed by atoms with Gasteiger partial charge in [0.05, 0.1) is 16.8 Å². The normalized spacial score (nSPS) is 14.9. The van der Waals surface area contributed by atoms with Gasteiger partial charge in [-0.2, -0.15) is 0 Å². The minimum Gasteiger partial charge on any atom is -0.344 e. The Kier molecular flexibility index (Phi) is 5.23. The Morgan fingerprint density at radius 1 is 1.07 bits per heavy atom. The predicted octanol–water partition coefficient (Wildman–Crippen LogP) is 2.51. The quantitative estimate of drug-likeness (QED) is 0.659. The molecule has 29 heavy (non-hydrogen) atoms. The minimum absolute atomic E-state index is 0.0294. The third-order valence-electron chi connectivity index (χ3n) is 5.15. The lowest BCUT2D eigenvalue weighted by Crippen LogP contribution is -2.38. The van der Waals surface area contributed by atoms with Gasteiger partial charge in [-0.3, -0.25) is 19.6 Å². The molecule has 0 bridgehead atoms. The molecular formula is C20H22N6O2S. The van der Waals surface area contributed by atoms with E-state index in [0.717, 1.165) is 34.4 Å². The largest absolute Gasteiger partial charge is 0.344 e. The van der Waals surface area contributed by atoms with E-state index in [1.807, 2.05) is 11.8 Å². The molecule has 1 aliphatic heterocycles. The summed E-state index contributed by atoms with van der Waals surface area (Å²) in [5.74, 6) is 0.0289. The summed E-state index contributed by atoms with van der Waals surface area (Å²) >= 11 is 1.40. The van der Waals surface area contributed by atoms with Gasteiger partial charge in [0.2, 0.25) is 0 Å². The van der Waals surface area contributed by atoms with Crippen LogP contribution in [0.25, 0.3) is 10.3 Å². The predicted molar refractivity (Wildman–Crippen MR) is 110 cm³/mol. The Labute approximate surface area is 172 Å². The van der Waals surface area contributed by atoms with Crippen molar-refractivity contribution in [3.05, 3.63) is 46.6 Å². The van der Waals surface area contributed by atoms with Crippen molar-refractivity contribution in [2.75, 3.05) is 27.2 Å². The first-order chi connectivity index (χ1) is 14.0. The van der Waals surface area contributed by atoms with Crippen LogP contribution in [-0.2, 0) is 0 Å². The number of likely N-dealkylation sites (tertiary alicyclic amines) is 1. The van der Waals surface area contributed by atoms with Crippen LogP contribution in [0.5, 0.6) is 0 Å². The number of hydrogen-bond donors (Lipinski definition) is 0. The molecule has 4 rings (SSSR count). The first kappa shape index (κ1) is 19.4. The summed E-state index contributed by atoms with van der Waals surface area (Å²) < 4.78 is 0. The van der Waals surface area contributed by atoms with Gasteiger partial charge in [0.15, 0.2) is 0 Å². The van der Waals surface area contributed by atoms with Crippen molar-refractivity contribution in [3.8, 4) is 0 Å². The molecule has 0 unspecified atom stereocenters. The topological polar surface area (TPSA) is 92.2 Å². The second kappa shape index (κ2) is 7.82. The lowest BCUT2D eigenvalue weighted by atomic mass is 9.88. The maximum absolute atomic E-state index is 12.8. The Bertz CT molecular complexity index is 1050. The Balaban J connectivity index is 1.57. The lowest BCUT2D eigenvalue weighted by Gasteiger charge is -2.32. The summed E-state index contributed by atoms with van der Waals surface area (Å²) in [6.45, 7) is 3.05. The fraction of sp³-hybridized carbons (Fsp3) is 0.400. The Hall–Kier alpha value is -2.94. The number of piperidine rings is 1. The molecular weight excluding hydrogens is 388 g/mol. The third kappa shape index (κ3) is 3.69. The van der Waals surface area contributed by atoms with E-state index in [-0.39, 0.29) is 17.7 Å². The van der Waals surface area contributed by atoms with Gasteiger partial charge in [-0.1, -0.05) is 0 Å². The molecule has 1 saturated heterocycles. The molecule has 150 valence electrons. The molecule has 0 aromatic carbocycles. The van der Waals surface area contributed by atoms with Crippen molar-refractivity contribution in [3.63, 3.8) is 0 Å². The highest BCUT2D eigenvalue weighted by Gasteiger charge is 2.31. The van der Waals surface area contributed by atoms with Crippen LogP contribution in [0.3, 0.4) is 0 Å². The van der Waals surface area contributed by atoms with E-state index in [1.54, 1.807) is 37.6 Å². The standard InChI is InChI=1S/C20H22N6O2S/c1-12-10-24-14(11-23-12)19(27)26-8-4-13(5-9-26)15-16-18(22-7-6-21-16)29-17(15)20(28)25(2)3/h6-7,10-11,13H,4-5,8-9H2,1-3H3. The van der Waals surface area contributed by atoms with Gasteiger partial charge in [-0.25, -0.2) is 9.97 Å². The summed E-state index contributed by atoms with van der Waals surface area (Å²) in [6, 6.07) is 0. The average Bonchev–Trinajstić information content (AvgIpc) is 3.12. The zero-order valence-electron chi connectivity index (χ0n) is 16.6. The SMILES string of the molecule is Cc1cnc(C(=O)N2CCC(c3c(C(=O)N(C)C)sc4nccnc34)CC2)cn1. The van der Waals surface area contributed by atoms with Crippen molar-refractivity contribution in [2.24, 2.45) is 0 Å². The molecule has 3 aromatic heterocycles. The first-order valence-electron chi connectivity index (χ1n) is 9.48. The molecule has 0 radical (unpaired) electrons. The molecule has 9 heteroatoms. The summed E-state index contributed by atoms with van der Waals surface area (Å²) in [7, 11) is 3.50. The summed E-state index contributed by atoms with van der Waals surface area (Å²) in [5, 5.41) is 0. The van der Waals surface area contributed by atoms with Crippen molar-refractivity contribution in [1.82, 2.24) is 29.7 Å². The molecule has 0 aliphatic carbocycles. The number of carbonyl (C=O) groups is 2. The molecule has 4 heterocycles. The molecule has 2 amide bonds. The summed E-state index contributed by atoms with van der Waals surface area (Å²) in [4.78, 5) is 47.6. The van der Waals surface area contributed by atoms with Crippen LogP contribution in [0.4, 0.5) is 0 Å². The lowest BCUT2D eigenvalue weighted by molar-refractivity contribution is 0.0704. The summed E-state index contributed by atoms with van der Waals surface area (Å²) in [6.07, 6.45) is 7.98. The number of rotatable bonds is 3. The molecule has 1 fully saturated rings. The number of amides is 2. The fourth-order valence-electron chi connectivity index (χ4n) is 3.62. The van der Waals surface area contributed by atoms with Crippen molar-refractivity contribution >= 4 is 33.5 Å². The van der Waals surface area contributed by atoms with E-state index < -0.39 is 0 Å².